The molecule has 0 saturated heterocycles. The first-order valence-corrected chi connectivity index (χ1v) is 9.36. The van der Waals surface area contributed by atoms with Crippen LogP contribution in [0.25, 0.3) is 0 Å². The Balaban J connectivity index is 2.98. The molecule has 0 saturated carbocycles. The average molecular weight is 321 g/mol. The summed E-state index contributed by atoms with van der Waals surface area (Å²) in [7, 11) is -2.59. The van der Waals surface area contributed by atoms with Crippen LogP contribution >= 0.6 is 19.3 Å². The van der Waals surface area contributed by atoms with E-state index in [0.717, 1.165) is 43.4 Å². The second kappa shape index (κ2) is 8.99. The van der Waals surface area contributed by atoms with Gasteiger partial charge in [0.15, 0.2) is 0 Å². The predicted molar refractivity (Wildman–Crippen MR) is 87.3 cm³/mol. The van der Waals surface area contributed by atoms with Crippen molar-refractivity contribution in [2.45, 2.75) is 59.8 Å². The van der Waals surface area contributed by atoms with Gasteiger partial charge < -0.3 is 9.05 Å². The van der Waals surface area contributed by atoms with Gasteiger partial charge in [0.05, 0.1) is 18.9 Å². The largest absolute Gasteiger partial charge is 0.342 e. The van der Waals surface area contributed by atoms with Crippen LogP contribution in [0.3, 0.4) is 0 Å². The standard InChI is InChI=1S/C14H26ClN2O2P/c1-5-8-10-18-20(19-11-9-6-2)16-13(7-3)12(4)14(15)17-20/h5-11H2,1-4H3. The topological polar surface area (TPSA) is 43.2 Å². The van der Waals surface area contributed by atoms with E-state index < -0.39 is 7.66 Å². The Morgan fingerprint density at radius 3 is 2.05 bits per heavy atom. The zero-order chi connectivity index (χ0) is 15.0. The number of unbranched alkanes of at least 4 members (excludes halogenated alkanes) is 2. The van der Waals surface area contributed by atoms with E-state index in [1.54, 1.807) is 0 Å². The molecule has 0 atom stereocenters. The minimum atomic E-state index is -2.59. The van der Waals surface area contributed by atoms with Crippen molar-refractivity contribution in [1.29, 1.82) is 0 Å². The van der Waals surface area contributed by atoms with Crippen LogP contribution < -0.4 is 0 Å². The molecular weight excluding hydrogens is 295 g/mol. The molecule has 0 bridgehead atoms. The van der Waals surface area contributed by atoms with E-state index >= 15 is 0 Å². The van der Waals surface area contributed by atoms with Gasteiger partial charge in [0.2, 0.25) is 0 Å². The highest BCUT2D eigenvalue weighted by Gasteiger charge is 2.27. The summed E-state index contributed by atoms with van der Waals surface area (Å²) in [6.07, 6.45) is 4.91. The van der Waals surface area contributed by atoms with Crippen LogP contribution in [0, 0.1) is 0 Å². The number of nitrogens with zero attached hydrogens (tertiary/aromatic N) is 2. The maximum atomic E-state index is 6.25. The van der Waals surface area contributed by atoms with E-state index in [2.05, 4.69) is 30.3 Å². The second-order valence-corrected chi connectivity index (χ2v) is 7.04. The van der Waals surface area contributed by atoms with Crippen molar-refractivity contribution in [3.05, 3.63) is 11.3 Å². The molecule has 1 heterocycles. The monoisotopic (exact) mass is 320 g/mol. The normalized spacial score (nSPS) is 17.9. The molecule has 0 amide bonds. The zero-order valence-electron chi connectivity index (χ0n) is 13.0. The van der Waals surface area contributed by atoms with E-state index in [4.69, 9.17) is 20.6 Å². The second-order valence-electron chi connectivity index (χ2n) is 4.78. The smallest absolute Gasteiger partial charge is 0.306 e. The third-order valence-corrected chi connectivity index (χ3v) is 5.52. The highest BCUT2D eigenvalue weighted by molar-refractivity contribution is 7.55. The Morgan fingerprint density at radius 2 is 1.60 bits per heavy atom. The van der Waals surface area contributed by atoms with Gasteiger partial charge in [-0.25, -0.2) is 4.74 Å². The Kier molecular flexibility index (Phi) is 8.04. The first-order chi connectivity index (χ1) is 9.58. The number of halogens is 1. The van der Waals surface area contributed by atoms with Crippen LogP contribution in [0.1, 0.15) is 59.8 Å². The van der Waals surface area contributed by atoms with Crippen LogP contribution in [-0.2, 0) is 9.05 Å². The van der Waals surface area contributed by atoms with Gasteiger partial charge in [0, 0.05) is 5.57 Å². The van der Waals surface area contributed by atoms with Gasteiger partial charge in [-0.2, -0.15) is 4.76 Å². The lowest BCUT2D eigenvalue weighted by Gasteiger charge is -2.24. The van der Waals surface area contributed by atoms with Crippen molar-refractivity contribution in [3.8, 4) is 0 Å². The first kappa shape index (κ1) is 17.9. The van der Waals surface area contributed by atoms with Crippen molar-refractivity contribution in [1.82, 2.24) is 0 Å². The molecule has 1 aliphatic rings. The van der Waals surface area contributed by atoms with Gasteiger partial charge in [0.25, 0.3) is 0 Å². The van der Waals surface area contributed by atoms with Crippen LogP contribution in [0.5, 0.6) is 0 Å². The molecule has 116 valence electrons. The molecule has 1 aliphatic heterocycles. The lowest BCUT2D eigenvalue weighted by molar-refractivity contribution is 0.233. The molecule has 1 rings (SSSR count). The molecule has 0 radical (unpaired) electrons. The molecule has 6 heteroatoms. The summed E-state index contributed by atoms with van der Waals surface area (Å²) in [5.74, 6) is 0. The van der Waals surface area contributed by atoms with Gasteiger partial charge in [-0.15, -0.1) is 0 Å². The fraction of sp³-hybridized carbons (Fsp3) is 0.786. The minimum absolute atomic E-state index is 0.484. The number of hydrogen-bond acceptors (Lipinski definition) is 4. The highest BCUT2D eigenvalue weighted by atomic mass is 35.5. The van der Waals surface area contributed by atoms with Crippen LogP contribution in [-0.4, -0.2) is 18.4 Å². The molecule has 0 spiro atoms. The number of hydrogen-bond donors (Lipinski definition) is 0. The molecule has 4 nitrogen and oxygen atoms in total. The lowest BCUT2D eigenvalue weighted by Crippen LogP contribution is -2.06. The van der Waals surface area contributed by atoms with Gasteiger partial charge in [-0.3, -0.25) is 0 Å². The van der Waals surface area contributed by atoms with Crippen molar-refractivity contribution in [2.75, 3.05) is 13.2 Å². The van der Waals surface area contributed by atoms with E-state index in [9.17, 15) is 0 Å². The van der Waals surface area contributed by atoms with Crippen molar-refractivity contribution in [2.24, 2.45) is 9.51 Å². The molecule has 0 N–H and O–H groups in total. The van der Waals surface area contributed by atoms with E-state index in [0.29, 0.717) is 18.4 Å². The zero-order valence-corrected chi connectivity index (χ0v) is 14.6. The number of rotatable bonds is 9. The summed E-state index contributed by atoms with van der Waals surface area (Å²) in [4.78, 5) is 0. The summed E-state index contributed by atoms with van der Waals surface area (Å²) >= 11 is 6.25. The fourth-order valence-electron chi connectivity index (χ4n) is 1.70. The van der Waals surface area contributed by atoms with E-state index in [1.807, 2.05) is 6.92 Å². The van der Waals surface area contributed by atoms with E-state index in [1.165, 1.54) is 0 Å². The summed E-state index contributed by atoms with van der Waals surface area (Å²) in [5.41, 5.74) is 1.88. The van der Waals surface area contributed by atoms with Crippen molar-refractivity contribution < 1.29 is 9.05 Å². The molecule has 20 heavy (non-hydrogen) atoms. The molecular formula is C14H26ClN2O2P. The predicted octanol–water partition coefficient (Wildman–Crippen LogP) is 5.90. The Bertz CT molecular complexity index is 419. The first-order valence-electron chi connectivity index (χ1n) is 7.45. The van der Waals surface area contributed by atoms with Gasteiger partial charge in [-0.05, 0) is 26.2 Å². The molecule has 0 aromatic rings. The quantitative estimate of drug-likeness (QED) is 0.392. The van der Waals surface area contributed by atoms with Crippen molar-refractivity contribution in [3.63, 3.8) is 0 Å². The molecule has 0 fully saturated rings. The summed E-state index contributed by atoms with van der Waals surface area (Å²) in [6.45, 7) is 9.49. The van der Waals surface area contributed by atoms with Gasteiger partial charge in [-0.1, -0.05) is 45.2 Å². The Morgan fingerprint density at radius 1 is 1.05 bits per heavy atom. The van der Waals surface area contributed by atoms with Crippen LogP contribution in [0.2, 0.25) is 0 Å². The third-order valence-electron chi connectivity index (χ3n) is 3.05. The van der Waals surface area contributed by atoms with Gasteiger partial charge in [0.1, 0.15) is 5.17 Å². The summed E-state index contributed by atoms with van der Waals surface area (Å²) in [5, 5.41) is 0.484. The fourth-order valence-corrected chi connectivity index (χ4v) is 4.15. The number of allylic oxidation sites excluding steroid dienone is 2. The molecule has 0 aliphatic carbocycles. The van der Waals surface area contributed by atoms with Gasteiger partial charge >= 0.3 is 7.66 Å². The van der Waals surface area contributed by atoms with E-state index in [-0.39, 0.29) is 0 Å². The van der Waals surface area contributed by atoms with Crippen molar-refractivity contribution >= 4 is 24.4 Å². The highest BCUT2D eigenvalue weighted by Crippen LogP contribution is 2.58. The SMILES string of the molecule is CCCCOP1(OCCCC)=NC(CC)=C(C)C(Cl)=N1. The lowest BCUT2D eigenvalue weighted by atomic mass is 10.2. The minimum Gasteiger partial charge on any atom is -0.306 e. The Hall–Kier alpha value is -0.150. The molecule has 0 aromatic carbocycles. The summed E-state index contributed by atoms with van der Waals surface area (Å²) < 4.78 is 21.0. The third kappa shape index (κ3) is 5.00. The van der Waals surface area contributed by atoms with Crippen LogP contribution in [0.4, 0.5) is 0 Å². The average Bonchev–Trinajstić information content (AvgIpc) is 2.43. The Labute approximate surface area is 127 Å². The molecule has 0 aromatic heterocycles. The summed E-state index contributed by atoms with van der Waals surface area (Å²) in [6, 6.07) is 0. The molecule has 0 unspecified atom stereocenters. The maximum Gasteiger partial charge on any atom is 0.342 e. The maximum absolute atomic E-state index is 6.25. The van der Waals surface area contributed by atoms with Crippen LogP contribution in [0.15, 0.2) is 20.8 Å².